The lowest BCUT2D eigenvalue weighted by Crippen LogP contribution is -2.44. The molecule has 0 amide bonds. The van der Waals surface area contributed by atoms with E-state index in [1.807, 2.05) is 9.47 Å². The molecule has 1 atom stereocenters. The SMILES string of the molecule is CC#CCn1c(N2CCNCC2)nc2nc(N3CCC[C@H]3C(=O)OC)n(C)c(=O)c21.O=C(O)C(F)(F)F. The van der Waals surface area contributed by atoms with Crippen molar-refractivity contribution >= 4 is 35.0 Å². The van der Waals surface area contributed by atoms with Crippen molar-refractivity contribution in [3.63, 3.8) is 0 Å². The van der Waals surface area contributed by atoms with E-state index in [0.29, 0.717) is 42.6 Å². The fraction of sp³-hybridized carbons (Fsp3) is 0.591. The van der Waals surface area contributed by atoms with Crippen molar-refractivity contribution in [1.82, 2.24) is 24.4 Å². The van der Waals surface area contributed by atoms with E-state index < -0.39 is 18.2 Å². The number of nitrogens with zero attached hydrogens (tertiary/aromatic N) is 6. The molecule has 12 nitrogen and oxygen atoms in total. The highest BCUT2D eigenvalue weighted by Gasteiger charge is 2.38. The fourth-order valence-corrected chi connectivity index (χ4v) is 4.20. The zero-order valence-corrected chi connectivity index (χ0v) is 20.6. The van der Waals surface area contributed by atoms with Crippen LogP contribution in [0.15, 0.2) is 4.79 Å². The van der Waals surface area contributed by atoms with E-state index in [0.717, 1.165) is 32.6 Å². The number of alkyl halides is 3. The van der Waals surface area contributed by atoms with Crippen LogP contribution in [0.3, 0.4) is 0 Å². The quantitative estimate of drug-likeness (QED) is 0.423. The lowest BCUT2D eigenvalue weighted by molar-refractivity contribution is -0.192. The lowest BCUT2D eigenvalue weighted by Gasteiger charge is -2.28. The Morgan fingerprint density at radius 2 is 1.81 bits per heavy atom. The number of aromatic nitrogens is 4. The highest BCUT2D eigenvalue weighted by Crippen LogP contribution is 2.26. The van der Waals surface area contributed by atoms with Gasteiger partial charge in [-0.2, -0.15) is 23.1 Å². The van der Waals surface area contributed by atoms with Crippen LogP contribution in [0, 0.1) is 11.8 Å². The number of carboxylic acid groups (broad SMARTS) is 1. The molecule has 0 radical (unpaired) electrons. The van der Waals surface area contributed by atoms with Crippen LogP contribution in [-0.2, 0) is 27.9 Å². The van der Waals surface area contributed by atoms with Gasteiger partial charge < -0.3 is 25.0 Å². The monoisotopic (exact) mass is 527 g/mol. The summed E-state index contributed by atoms with van der Waals surface area (Å²) in [5, 5.41) is 10.5. The van der Waals surface area contributed by atoms with Crippen LogP contribution in [-0.4, -0.2) is 88.2 Å². The molecule has 2 aliphatic heterocycles. The molecule has 202 valence electrons. The summed E-state index contributed by atoms with van der Waals surface area (Å²) in [6.45, 7) is 6.09. The zero-order valence-electron chi connectivity index (χ0n) is 20.6. The first-order valence-corrected chi connectivity index (χ1v) is 11.5. The molecule has 2 fully saturated rings. The van der Waals surface area contributed by atoms with Crippen LogP contribution >= 0.6 is 0 Å². The molecule has 37 heavy (non-hydrogen) atoms. The number of hydrogen-bond acceptors (Lipinski definition) is 9. The minimum atomic E-state index is -5.08. The lowest BCUT2D eigenvalue weighted by atomic mass is 10.2. The maximum absolute atomic E-state index is 13.4. The predicted octanol–water partition coefficient (Wildman–Crippen LogP) is 0.338. The average molecular weight is 528 g/mol. The summed E-state index contributed by atoms with van der Waals surface area (Å²) in [6.07, 6.45) is -3.58. The Labute approximate surface area is 210 Å². The number of carbonyl (C=O) groups is 2. The van der Waals surface area contributed by atoms with Gasteiger partial charge in [-0.25, -0.2) is 9.59 Å². The number of fused-ring (bicyclic) bond motifs is 1. The molecular weight excluding hydrogens is 499 g/mol. The first kappa shape index (κ1) is 27.8. The molecule has 0 bridgehead atoms. The van der Waals surface area contributed by atoms with Crippen molar-refractivity contribution in [2.75, 3.05) is 49.6 Å². The molecule has 2 aromatic rings. The number of rotatable bonds is 4. The van der Waals surface area contributed by atoms with Crippen molar-refractivity contribution in [2.24, 2.45) is 7.05 Å². The van der Waals surface area contributed by atoms with E-state index in [1.165, 1.54) is 11.7 Å². The molecule has 15 heteroatoms. The number of carbonyl (C=O) groups excluding carboxylic acids is 1. The number of esters is 1. The number of nitrogens with one attached hydrogen (secondary N) is 1. The minimum absolute atomic E-state index is 0.197. The summed E-state index contributed by atoms with van der Waals surface area (Å²) in [7, 11) is 3.06. The summed E-state index contributed by atoms with van der Waals surface area (Å²) in [5.41, 5.74) is 0.624. The first-order chi connectivity index (χ1) is 17.5. The molecule has 4 rings (SSSR count). The molecule has 0 spiro atoms. The van der Waals surface area contributed by atoms with Gasteiger partial charge in [-0.1, -0.05) is 5.92 Å². The Kier molecular flexibility index (Phi) is 8.64. The summed E-state index contributed by atoms with van der Waals surface area (Å²) in [5.74, 6) is 4.03. The predicted molar refractivity (Wildman–Crippen MR) is 127 cm³/mol. The molecular formula is C22H28F3N7O5. The van der Waals surface area contributed by atoms with Crippen LogP contribution in [0.2, 0.25) is 0 Å². The Bertz CT molecular complexity index is 1270. The number of halogens is 3. The van der Waals surface area contributed by atoms with Gasteiger partial charge in [0.1, 0.15) is 6.04 Å². The van der Waals surface area contributed by atoms with Gasteiger partial charge in [0, 0.05) is 39.8 Å². The summed E-state index contributed by atoms with van der Waals surface area (Å²) in [6, 6.07) is -0.439. The second-order valence-corrected chi connectivity index (χ2v) is 8.29. The van der Waals surface area contributed by atoms with Crippen molar-refractivity contribution in [3.05, 3.63) is 10.4 Å². The van der Waals surface area contributed by atoms with Gasteiger partial charge >= 0.3 is 18.1 Å². The van der Waals surface area contributed by atoms with Crippen molar-refractivity contribution in [3.8, 4) is 11.8 Å². The smallest absolute Gasteiger partial charge is 0.475 e. The van der Waals surface area contributed by atoms with E-state index in [4.69, 9.17) is 24.6 Å². The van der Waals surface area contributed by atoms with Crippen LogP contribution < -0.4 is 20.7 Å². The molecule has 2 aromatic heterocycles. The number of methoxy groups -OCH3 is 1. The number of aliphatic carboxylic acids is 1. The van der Waals surface area contributed by atoms with Gasteiger partial charge in [-0.3, -0.25) is 13.9 Å². The van der Waals surface area contributed by atoms with Gasteiger partial charge in [0.25, 0.3) is 5.56 Å². The van der Waals surface area contributed by atoms with Crippen molar-refractivity contribution in [1.29, 1.82) is 0 Å². The van der Waals surface area contributed by atoms with E-state index in [9.17, 15) is 22.8 Å². The Hall–Kier alpha value is -3.80. The van der Waals surface area contributed by atoms with Gasteiger partial charge in [0.05, 0.1) is 13.7 Å². The average Bonchev–Trinajstić information content (AvgIpc) is 3.50. The number of ether oxygens (including phenoxy) is 1. The molecule has 2 aliphatic rings. The summed E-state index contributed by atoms with van der Waals surface area (Å²) in [4.78, 5) is 48.0. The molecule has 0 aromatic carbocycles. The molecule has 2 saturated heterocycles. The van der Waals surface area contributed by atoms with E-state index in [2.05, 4.69) is 22.1 Å². The highest BCUT2D eigenvalue weighted by atomic mass is 19.4. The Balaban J connectivity index is 0.000000479. The second kappa shape index (κ2) is 11.5. The van der Waals surface area contributed by atoms with Gasteiger partial charge in [0.2, 0.25) is 11.9 Å². The number of anilines is 2. The first-order valence-electron chi connectivity index (χ1n) is 11.5. The van der Waals surface area contributed by atoms with Crippen LogP contribution in [0.1, 0.15) is 19.8 Å². The van der Waals surface area contributed by atoms with E-state index >= 15 is 0 Å². The molecule has 0 saturated carbocycles. The Morgan fingerprint density at radius 3 is 2.38 bits per heavy atom. The number of carboxylic acids is 1. The van der Waals surface area contributed by atoms with Crippen molar-refractivity contribution < 1.29 is 32.6 Å². The maximum atomic E-state index is 13.4. The third kappa shape index (κ3) is 5.96. The second-order valence-electron chi connectivity index (χ2n) is 8.29. The number of imidazole rings is 1. The summed E-state index contributed by atoms with van der Waals surface area (Å²) < 4.78 is 40.0. The van der Waals surface area contributed by atoms with Gasteiger partial charge in [0.15, 0.2) is 11.2 Å². The zero-order chi connectivity index (χ0) is 27.3. The third-order valence-electron chi connectivity index (χ3n) is 5.98. The molecule has 0 aliphatic carbocycles. The largest absolute Gasteiger partial charge is 0.490 e. The number of piperazine rings is 1. The fourth-order valence-electron chi connectivity index (χ4n) is 4.20. The minimum Gasteiger partial charge on any atom is -0.475 e. The molecule has 0 unspecified atom stereocenters. The third-order valence-corrected chi connectivity index (χ3v) is 5.98. The normalized spacial score (nSPS) is 17.6. The van der Waals surface area contributed by atoms with Crippen LogP contribution in [0.5, 0.6) is 0 Å². The van der Waals surface area contributed by atoms with Gasteiger partial charge in [-0.15, -0.1) is 5.92 Å². The molecule has 2 N–H and O–H groups in total. The van der Waals surface area contributed by atoms with Crippen molar-refractivity contribution in [2.45, 2.75) is 38.5 Å². The van der Waals surface area contributed by atoms with Gasteiger partial charge in [-0.05, 0) is 19.8 Å². The number of hydrogen-bond donors (Lipinski definition) is 2. The standard InChI is InChI=1S/C20H27N7O3.C2HF3O2/c1-4-5-10-27-15-16(23-20(27)25-12-8-21-9-13-25)22-19(24(2)17(15)28)26-11-6-7-14(26)18(29)30-3;3-2(4,5)1(6)7/h14,21H,6-13H2,1-3H3;(H,6,7)/t14-;/m0./s1. The molecule has 4 heterocycles. The highest BCUT2D eigenvalue weighted by molar-refractivity contribution is 5.81. The van der Waals surface area contributed by atoms with E-state index in [-0.39, 0.29) is 11.5 Å². The topological polar surface area (TPSA) is 135 Å². The van der Waals surface area contributed by atoms with Crippen LogP contribution in [0.4, 0.5) is 25.1 Å². The Morgan fingerprint density at radius 1 is 1.19 bits per heavy atom. The van der Waals surface area contributed by atoms with E-state index in [1.54, 1.807) is 14.0 Å². The van der Waals surface area contributed by atoms with Crippen LogP contribution in [0.25, 0.3) is 11.2 Å². The maximum Gasteiger partial charge on any atom is 0.490 e. The summed E-state index contributed by atoms with van der Waals surface area (Å²) >= 11 is 0.